The SMILES string of the molecule is CCOC(=O)c1c(NC(=O)c2cc(Cl)ccc2C(F)(F)F)sc2c1C(C)OC2. The number of alkyl halides is 3. The van der Waals surface area contributed by atoms with Gasteiger partial charge in [-0.3, -0.25) is 4.79 Å². The van der Waals surface area contributed by atoms with Crippen LogP contribution in [0.1, 0.15) is 56.7 Å². The molecular weight excluding hydrogens is 419 g/mol. The Hall–Kier alpha value is -2.10. The zero-order valence-corrected chi connectivity index (χ0v) is 16.3. The molecule has 10 heteroatoms. The first kappa shape index (κ1) is 20.6. The third kappa shape index (κ3) is 3.87. The van der Waals surface area contributed by atoms with Crippen molar-refractivity contribution in [2.75, 3.05) is 11.9 Å². The molecular formula is C18H15ClF3NO4S. The molecule has 1 aromatic heterocycles. The molecule has 0 fully saturated rings. The van der Waals surface area contributed by atoms with Crippen LogP contribution in [0, 0.1) is 0 Å². The van der Waals surface area contributed by atoms with Crippen molar-refractivity contribution in [2.24, 2.45) is 0 Å². The fraction of sp³-hybridized carbons (Fsp3) is 0.333. The number of nitrogens with one attached hydrogen (secondary N) is 1. The summed E-state index contributed by atoms with van der Waals surface area (Å²) >= 11 is 6.86. The lowest BCUT2D eigenvalue weighted by molar-refractivity contribution is -0.137. The van der Waals surface area contributed by atoms with Gasteiger partial charge in [0.2, 0.25) is 0 Å². The Balaban J connectivity index is 2.02. The maximum atomic E-state index is 13.3. The van der Waals surface area contributed by atoms with E-state index in [0.717, 1.165) is 29.5 Å². The fourth-order valence-electron chi connectivity index (χ4n) is 2.93. The molecule has 2 aromatic rings. The molecule has 0 bridgehead atoms. The number of thiophene rings is 1. The van der Waals surface area contributed by atoms with Crippen molar-refractivity contribution in [1.29, 1.82) is 0 Å². The van der Waals surface area contributed by atoms with Crippen LogP contribution < -0.4 is 5.32 Å². The molecule has 1 aliphatic heterocycles. The number of anilines is 1. The second-order valence-corrected chi connectivity index (χ2v) is 7.50. The van der Waals surface area contributed by atoms with E-state index in [9.17, 15) is 22.8 Å². The number of halogens is 4. The maximum absolute atomic E-state index is 13.3. The molecule has 2 heterocycles. The molecule has 1 aromatic carbocycles. The molecule has 1 amide bonds. The number of hydrogen-bond donors (Lipinski definition) is 1. The largest absolute Gasteiger partial charge is 0.462 e. The first-order valence-corrected chi connectivity index (χ1v) is 9.45. The van der Waals surface area contributed by atoms with Crippen LogP contribution in [0.15, 0.2) is 18.2 Å². The van der Waals surface area contributed by atoms with Crippen LogP contribution in [-0.4, -0.2) is 18.5 Å². The number of benzene rings is 1. The van der Waals surface area contributed by atoms with Crippen LogP contribution in [0.3, 0.4) is 0 Å². The highest BCUT2D eigenvalue weighted by Gasteiger charge is 2.37. The first-order chi connectivity index (χ1) is 13.1. The fourth-order valence-corrected chi connectivity index (χ4v) is 4.29. The minimum absolute atomic E-state index is 0.0144. The van der Waals surface area contributed by atoms with Crippen LogP contribution >= 0.6 is 22.9 Å². The summed E-state index contributed by atoms with van der Waals surface area (Å²) in [5.74, 6) is -1.69. The Morgan fingerprint density at radius 3 is 2.75 bits per heavy atom. The van der Waals surface area contributed by atoms with Gasteiger partial charge in [0.05, 0.1) is 30.4 Å². The smallest absolute Gasteiger partial charge is 0.417 e. The summed E-state index contributed by atoms with van der Waals surface area (Å²) in [5, 5.41) is 2.53. The quantitative estimate of drug-likeness (QED) is 0.652. The summed E-state index contributed by atoms with van der Waals surface area (Å²) < 4.78 is 50.3. The minimum Gasteiger partial charge on any atom is -0.462 e. The Labute approximate surface area is 167 Å². The van der Waals surface area contributed by atoms with Gasteiger partial charge in [-0.05, 0) is 32.0 Å². The zero-order chi connectivity index (χ0) is 20.6. The number of hydrogen-bond acceptors (Lipinski definition) is 5. The van der Waals surface area contributed by atoms with Crippen LogP contribution in [0.25, 0.3) is 0 Å². The van der Waals surface area contributed by atoms with Crippen molar-refractivity contribution >= 4 is 39.8 Å². The molecule has 0 saturated carbocycles. The summed E-state index contributed by atoms with van der Waals surface area (Å²) in [6.07, 6.45) is -5.13. The molecule has 0 spiro atoms. The lowest BCUT2D eigenvalue weighted by Crippen LogP contribution is -2.20. The highest BCUT2D eigenvalue weighted by molar-refractivity contribution is 7.17. The van der Waals surface area contributed by atoms with Gasteiger partial charge in [0, 0.05) is 15.5 Å². The monoisotopic (exact) mass is 433 g/mol. The molecule has 0 aliphatic carbocycles. The molecule has 150 valence electrons. The molecule has 5 nitrogen and oxygen atoms in total. The zero-order valence-electron chi connectivity index (χ0n) is 14.8. The standard InChI is InChI=1S/C18H15ClF3NO4S/c1-3-26-17(25)14-13-8(2)27-7-12(13)28-16(14)23-15(24)10-6-9(19)4-5-11(10)18(20,21)22/h4-6,8H,3,7H2,1-2H3,(H,23,24). The molecule has 1 N–H and O–H groups in total. The van der Waals surface area contributed by atoms with E-state index >= 15 is 0 Å². The second kappa shape index (κ2) is 7.73. The molecule has 3 rings (SSSR count). The number of amides is 1. The summed E-state index contributed by atoms with van der Waals surface area (Å²) in [6.45, 7) is 3.73. The van der Waals surface area contributed by atoms with Crippen molar-refractivity contribution < 1.29 is 32.2 Å². The number of rotatable bonds is 4. The lowest BCUT2D eigenvalue weighted by atomic mass is 10.1. The predicted molar refractivity (Wildman–Crippen MR) is 97.9 cm³/mol. The van der Waals surface area contributed by atoms with Crippen molar-refractivity contribution in [1.82, 2.24) is 0 Å². The number of ether oxygens (including phenoxy) is 2. The Bertz CT molecular complexity index is 942. The third-order valence-electron chi connectivity index (χ3n) is 4.13. The van der Waals surface area contributed by atoms with Gasteiger partial charge in [-0.1, -0.05) is 11.6 Å². The van der Waals surface area contributed by atoms with E-state index in [1.54, 1.807) is 13.8 Å². The Morgan fingerprint density at radius 2 is 2.11 bits per heavy atom. The van der Waals surface area contributed by atoms with Crippen LogP contribution in [0.5, 0.6) is 0 Å². The van der Waals surface area contributed by atoms with Gasteiger partial charge < -0.3 is 14.8 Å². The van der Waals surface area contributed by atoms with Gasteiger partial charge in [0.1, 0.15) is 10.6 Å². The van der Waals surface area contributed by atoms with Gasteiger partial charge >= 0.3 is 12.1 Å². The number of carbonyl (C=O) groups excluding carboxylic acids is 2. The van der Waals surface area contributed by atoms with Crippen LogP contribution in [-0.2, 0) is 22.3 Å². The van der Waals surface area contributed by atoms with E-state index in [4.69, 9.17) is 21.1 Å². The summed E-state index contributed by atoms with van der Waals surface area (Å²) in [6, 6.07) is 2.74. The van der Waals surface area contributed by atoms with E-state index < -0.39 is 35.3 Å². The number of esters is 1. The van der Waals surface area contributed by atoms with Gasteiger partial charge in [-0.25, -0.2) is 4.79 Å². The van der Waals surface area contributed by atoms with Crippen molar-refractivity contribution in [3.63, 3.8) is 0 Å². The van der Waals surface area contributed by atoms with Crippen molar-refractivity contribution in [2.45, 2.75) is 32.7 Å². The van der Waals surface area contributed by atoms with Gasteiger partial charge in [0.15, 0.2) is 0 Å². The van der Waals surface area contributed by atoms with Gasteiger partial charge in [0.25, 0.3) is 5.91 Å². The highest BCUT2D eigenvalue weighted by atomic mass is 35.5. The third-order valence-corrected chi connectivity index (χ3v) is 5.46. The van der Waals surface area contributed by atoms with E-state index in [1.165, 1.54) is 0 Å². The highest BCUT2D eigenvalue weighted by Crippen LogP contribution is 2.44. The van der Waals surface area contributed by atoms with Crippen molar-refractivity contribution in [3.05, 3.63) is 50.4 Å². The van der Waals surface area contributed by atoms with Crippen molar-refractivity contribution in [3.8, 4) is 0 Å². The molecule has 28 heavy (non-hydrogen) atoms. The molecule has 1 atom stereocenters. The van der Waals surface area contributed by atoms with E-state index in [2.05, 4.69) is 5.32 Å². The van der Waals surface area contributed by atoms with Gasteiger partial charge in [-0.15, -0.1) is 11.3 Å². The van der Waals surface area contributed by atoms with E-state index in [1.807, 2.05) is 0 Å². The lowest BCUT2D eigenvalue weighted by Gasteiger charge is -2.14. The normalized spacial score (nSPS) is 16.0. The predicted octanol–water partition coefficient (Wildman–Crippen LogP) is 5.44. The summed E-state index contributed by atoms with van der Waals surface area (Å²) in [4.78, 5) is 25.8. The average molecular weight is 434 g/mol. The van der Waals surface area contributed by atoms with E-state index in [-0.39, 0.29) is 28.8 Å². The number of carbonyl (C=O) groups is 2. The summed E-state index contributed by atoms with van der Waals surface area (Å²) in [5.41, 5.74) is -1.06. The minimum atomic E-state index is -4.74. The van der Waals surface area contributed by atoms with Gasteiger partial charge in [-0.2, -0.15) is 13.2 Å². The maximum Gasteiger partial charge on any atom is 0.417 e. The molecule has 0 saturated heterocycles. The molecule has 0 radical (unpaired) electrons. The summed E-state index contributed by atoms with van der Waals surface area (Å²) in [7, 11) is 0. The second-order valence-electron chi connectivity index (χ2n) is 5.96. The van der Waals surface area contributed by atoms with E-state index in [0.29, 0.717) is 10.4 Å². The molecule has 1 aliphatic rings. The number of fused-ring (bicyclic) bond motifs is 1. The Kier molecular flexibility index (Phi) is 5.69. The van der Waals surface area contributed by atoms with Crippen LogP contribution in [0.2, 0.25) is 5.02 Å². The first-order valence-electron chi connectivity index (χ1n) is 8.25. The Morgan fingerprint density at radius 1 is 1.39 bits per heavy atom. The topological polar surface area (TPSA) is 64.6 Å². The average Bonchev–Trinajstić information content (AvgIpc) is 3.13. The van der Waals surface area contributed by atoms with Crippen LogP contribution in [0.4, 0.5) is 18.2 Å². The molecule has 1 unspecified atom stereocenters.